The van der Waals surface area contributed by atoms with Crippen molar-refractivity contribution in [1.82, 2.24) is 9.13 Å². The molecular weight excluding hydrogens is 1050 g/mol. The Morgan fingerprint density at radius 2 is 0.759 bits per heavy atom. The third kappa shape index (κ3) is 8.21. The third-order valence-electron chi connectivity index (χ3n) is 18.5. The summed E-state index contributed by atoms with van der Waals surface area (Å²) in [5, 5.41) is 16.0. The van der Waals surface area contributed by atoms with E-state index in [1.165, 1.54) is 60.1 Å². The molecule has 87 heavy (non-hydrogen) atoms. The van der Waals surface area contributed by atoms with Crippen molar-refractivity contribution in [3.63, 3.8) is 0 Å². The van der Waals surface area contributed by atoms with Crippen LogP contribution in [0, 0.1) is 11.3 Å². The zero-order chi connectivity index (χ0) is 58.9. The Morgan fingerprint density at radius 3 is 1.29 bits per heavy atom. The summed E-state index contributed by atoms with van der Waals surface area (Å²) in [5.74, 6) is 0. The molecule has 2 aliphatic rings. The second-order valence-corrected chi connectivity index (χ2v) is 25.6. The number of benzene rings is 12. The lowest BCUT2D eigenvalue weighted by Gasteiger charge is -2.45. The van der Waals surface area contributed by atoms with Gasteiger partial charge in [-0.05, 0) is 152 Å². The predicted molar refractivity (Wildman–Crippen MR) is 368 cm³/mol. The van der Waals surface area contributed by atoms with E-state index in [0.717, 1.165) is 89.9 Å². The molecule has 5 nitrogen and oxygen atoms in total. The molecule has 14 aromatic rings. The number of nitrogens with zero attached hydrogens (tertiary/aromatic N) is 5. The Morgan fingerprint density at radius 1 is 0.322 bits per heavy atom. The molecule has 12 aromatic carbocycles. The second kappa shape index (κ2) is 19.7. The molecule has 16 rings (SSSR count). The molecular formula is C81H62BN5. The van der Waals surface area contributed by atoms with Gasteiger partial charge in [-0.2, -0.15) is 5.26 Å². The van der Waals surface area contributed by atoms with Crippen molar-refractivity contribution in [2.75, 3.05) is 9.80 Å². The van der Waals surface area contributed by atoms with E-state index in [-0.39, 0.29) is 17.5 Å². The van der Waals surface area contributed by atoms with E-state index in [1.807, 2.05) is 6.07 Å². The highest BCUT2D eigenvalue weighted by Gasteiger charge is 2.44. The minimum atomic E-state index is -0.175. The second-order valence-electron chi connectivity index (χ2n) is 25.6. The largest absolute Gasteiger partial charge is 0.311 e. The van der Waals surface area contributed by atoms with Gasteiger partial charge < -0.3 is 18.9 Å². The molecule has 0 N–H and O–H groups in total. The van der Waals surface area contributed by atoms with E-state index in [0.29, 0.717) is 5.56 Å². The molecule has 0 bridgehead atoms. The van der Waals surface area contributed by atoms with E-state index in [2.05, 4.69) is 327 Å². The first-order valence-electron chi connectivity index (χ1n) is 30.3. The minimum absolute atomic E-state index is 0.0271. The summed E-state index contributed by atoms with van der Waals surface area (Å²) in [6.07, 6.45) is 0. The first kappa shape index (κ1) is 52.0. The lowest BCUT2D eigenvalue weighted by molar-refractivity contribution is 0.590. The third-order valence-corrected chi connectivity index (χ3v) is 18.5. The van der Waals surface area contributed by atoms with Gasteiger partial charge in [-0.1, -0.05) is 211 Å². The summed E-state index contributed by atoms with van der Waals surface area (Å²) in [7, 11) is 0. The van der Waals surface area contributed by atoms with Crippen LogP contribution in [-0.2, 0) is 10.8 Å². The van der Waals surface area contributed by atoms with Gasteiger partial charge in [-0.25, -0.2) is 0 Å². The maximum atomic E-state index is 11.1. The fraction of sp³-hybridized carbons (Fsp3) is 0.0988. The monoisotopic (exact) mass is 1120 g/mol. The maximum absolute atomic E-state index is 11.1. The highest BCUT2D eigenvalue weighted by atomic mass is 15.2. The standard InChI is InChI=1S/C81H62BN5/c1-80(2,3)56-38-44-73-65(47-56)66-48-57(81(4,5)6)39-45-74(66)85(73)59-41-43-68-78(50-59)87(70-31-18-14-27-61(70)53-24-11-8-12-25-53)76-35-21-34-75-79(76)82(68)67-42-37-54(46-77(67)86(75)69-30-17-13-26-60(69)52-22-9-7-10-23-52)64-49-58(40-36-55(64)51-83)84-71-32-19-15-28-62(71)63-29-16-20-33-72(63)84/h7-50H,1-6H3. The van der Waals surface area contributed by atoms with Crippen LogP contribution >= 0.6 is 0 Å². The van der Waals surface area contributed by atoms with E-state index >= 15 is 0 Å². The lowest BCUT2D eigenvalue weighted by Crippen LogP contribution is -2.61. The zero-order valence-corrected chi connectivity index (χ0v) is 49.7. The van der Waals surface area contributed by atoms with Gasteiger partial charge >= 0.3 is 0 Å². The van der Waals surface area contributed by atoms with Crippen LogP contribution in [0.4, 0.5) is 34.1 Å². The van der Waals surface area contributed by atoms with Gasteiger partial charge in [-0.15, -0.1) is 0 Å². The average molecular weight is 1120 g/mol. The van der Waals surface area contributed by atoms with Crippen molar-refractivity contribution in [1.29, 1.82) is 5.26 Å². The number of anilines is 6. The van der Waals surface area contributed by atoms with E-state index in [1.54, 1.807) is 0 Å². The van der Waals surface area contributed by atoms with Crippen LogP contribution in [0.2, 0.25) is 0 Å². The predicted octanol–water partition coefficient (Wildman–Crippen LogP) is 19.4. The summed E-state index contributed by atoms with van der Waals surface area (Å²) in [4.78, 5) is 5.07. The Kier molecular flexibility index (Phi) is 11.8. The molecule has 4 heterocycles. The topological polar surface area (TPSA) is 40.1 Å². The molecule has 0 atom stereocenters. The van der Waals surface area contributed by atoms with Gasteiger partial charge in [0, 0.05) is 72.4 Å². The SMILES string of the molecule is CC(C)(C)c1ccc2c(c1)c1cc(C(C)(C)C)ccc1n2-c1ccc2c(c1)N(c1ccccc1-c1ccccc1)c1cccc3c1B2c1ccc(-c2cc(-n4c5ccccc5c5ccccc54)ccc2C#N)cc1N3c1ccccc1-c1ccccc1. The molecule has 0 radical (unpaired) electrons. The van der Waals surface area contributed by atoms with Gasteiger partial charge in [0.1, 0.15) is 0 Å². The van der Waals surface area contributed by atoms with Crippen molar-refractivity contribution >= 4 is 101 Å². The van der Waals surface area contributed by atoms with Crippen molar-refractivity contribution in [3.05, 3.63) is 284 Å². The molecule has 2 aromatic heterocycles. The summed E-state index contributed by atoms with van der Waals surface area (Å²) in [5.41, 5.74) is 26.5. The van der Waals surface area contributed by atoms with Crippen LogP contribution in [0.15, 0.2) is 267 Å². The van der Waals surface area contributed by atoms with Crippen LogP contribution in [0.3, 0.4) is 0 Å². The van der Waals surface area contributed by atoms with Crippen molar-refractivity contribution in [2.45, 2.75) is 52.4 Å². The molecule has 0 saturated heterocycles. The first-order chi connectivity index (χ1) is 42.4. The van der Waals surface area contributed by atoms with Crippen molar-refractivity contribution < 1.29 is 0 Å². The molecule has 6 heteroatoms. The molecule has 0 spiro atoms. The molecule has 0 amide bonds. The Labute approximate surface area is 509 Å². The van der Waals surface area contributed by atoms with Crippen molar-refractivity contribution in [2.24, 2.45) is 0 Å². The van der Waals surface area contributed by atoms with E-state index in [9.17, 15) is 5.26 Å². The van der Waals surface area contributed by atoms with Gasteiger partial charge in [0.25, 0.3) is 6.71 Å². The quantitative estimate of drug-likeness (QED) is 0.149. The van der Waals surface area contributed by atoms with Crippen LogP contribution < -0.4 is 26.2 Å². The van der Waals surface area contributed by atoms with Gasteiger partial charge in [-0.3, -0.25) is 0 Å². The zero-order valence-electron chi connectivity index (χ0n) is 49.7. The first-order valence-corrected chi connectivity index (χ1v) is 30.3. The van der Waals surface area contributed by atoms with Gasteiger partial charge in [0.15, 0.2) is 0 Å². The summed E-state index contributed by atoms with van der Waals surface area (Å²) in [6, 6.07) is 101. The highest BCUT2D eigenvalue weighted by molar-refractivity contribution is 7.00. The molecule has 414 valence electrons. The molecule has 0 unspecified atom stereocenters. The van der Waals surface area contributed by atoms with E-state index in [4.69, 9.17) is 0 Å². The average Bonchev–Trinajstić information content (AvgIpc) is 1.29. The molecule has 0 aliphatic carbocycles. The number of aromatic nitrogens is 2. The summed E-state index contributed by atoms with van der Waals surface area (Å²) in [6.45, 7) is 13.7. The highest BCUT2D eigenvalue weighted by Crippen LogP contribution is 2.50. The smallest absolute Gasteiger partial charge is 0.252 e. The fourth-order valence-electron chi connectivity index (χ4n) is 14.2. The normalized spacial score (nSPS) is 12.9. The number of rotatable bonds is 7. The van der Waals surface area contributed by atoms with Crippen LogP contribution in [0.25, 0.3) is 88.4 Å². The molecule has 2 aliphatic heterocycles. The minimum Gasteiger partial charge on any atom is -0.311 e. The number of nitriles is 1. The summed E-state index contributed by atoms with van der Waals surface area (Å²) >= 11 is 0. The van der Waals surface area contributed by atoms with Crippen LogP contribution in [0.5, 0.6) is 0 Å². The number of para-hydroxylation sites is 4. The van der Waals surface area contributed by atoms with Gasteiger partial charge in [0.05, 0.1) is 45.1 Å². The van der Waals surface area contributed by atoms with Crippen LogP contribution in [-0.4, -0.2) is 15.8 Å². The number of hydrogen-bond donors (Lipinski definition) is 0. The summed E-state index contributed by atoms with van der Waals surface area (Å²) < 4.78 is 4.84. The lowest BCUT2D eigenvalue weighted by atomic mass is 9.33. The molecule has 0 saturated carbocycles. The number of fused-ring (bicyclic) bond motifs is 10. The number of hydrogen-bond acceptors (Lipinski definition) is 3. The fourth-order valence-corrected chi connectivity index (χ4v) is 14.2. The molecule has 0 fully saturated rings. The van der Waals surface area contributed by atoms with Crippen LogP contribution in [0.1, 0.15) is 58.2 Å². The Balaban J connectivity index is 0.970. The van der Waals surface area contributed by atoms with Crippen molar-refractivity contribution in [3.8, 4) is 50.8 Å². The van der Waals surface area contributed by atoms with E-state index < -0.39 is 0 Å². The Hall–Kier alpha value is -10.6. The maximum Gasteiger partial charge on any atom is 0.252 e. The Bertz CT molecular complexity index is 5040. The van der Waals surface area contributed by atoms with Gasteiger partial charge in [0.2, 0.25) is 0 Å².